The van der Waals surface area contributed by atoms with Crippen LogP contribution in [0.4, 0.5) is 0 Å². The van der Waals surface area contributed by atoms with Gasteiger partial charge in [0.2, 0.25) is 0 Å². The van der Waals surface area contributed by atoms with Crippen LogP contribution in [0.1, 0.15) is 11.1 Å². The first-order valence-corrected chi connectivity index (χ1v) is 10.2. The summed E-state index contributed by atoms with van der Waals surface area (Å²) in [5.74, 6) is 0. The maximum absolute atomic E-state index is 11.7. The summed E-state index contributed by atoms with van der Waals surface area (Å²) >= 11 is 0. The van der Waals surface area contributed by atoms with Crippen LogP contribution in [0.2, 0.25) is 0 Å². The molecule has 0 saturated carbocycles. The molecule has 0 bridgehead atoms. The summed E-state index contributed by atoms with van der Waals surface area (Å²) < 4.78 is 65.8. The van der Waals surface area contributed by atoms with E-state index in [9.17, 15) is 25.9 Å². The standard InChI is InChI=1S/C18H14O6S2/c1-11(25(19,20)21)17-13-7-3-5-9-15(13)18(12(2)26(22,23)24)16-10-6-4-8-14(16)17/h3-10H,1-2H2,(H,19,20,21)(H,22,23,24). The van der Waals surface area contributed by atoms with Crippen LogP contribution in [-0.2, 0) is 20.2 Å². The molecule has 0 fully saturated rings. The first kappa shape index (κ1) is 18.3. The second kappa shape index (κ2) is 6.03. The van der Waals surface area contributed by atoms with E-state index >= 15 is 0 Å². The lowest BCUT2D eigenvalue weighted by Gasteiger charge is -2.17. The fourth-order valence-corrected chi connectivity index (χ4v) is 3.94. The third kappa shape index (κ3) is 2.93. The van der Waals surface area contributed by atoms with Crippen LogP contribution >= 0.6 is 0 Å². The Labute approximate surface area is 150 Å². The predicted octanol–water partition coefficient (Wildman–Crippen LogP) is 3.71. The zero-order valence-electron chi connectivity index (χ0n) is 13.4. The average Bonchev–Trinajstić information content (AvgIpc) is 2.56. The summed E-state index contributed by atoms with van der Waals surface area (Å²) in [6, 6.07) is 12.9. The lowest BCUT2D eigenvalue weighted by atomic mass is 9.91. The van der Waals surface area contributed by atoms with Crippen molar-refractivity contribution in [1.82, 2.24) is 0 Å². The molecule has 0 atom stereocenters. The fraction of sp³-hybridized carbons (Fsp3) is 0. The first-order valence-electron chi connectivity index (χ1n) is 7.30. The van der Waals surface area contributed by atoms with Gasteiger partial charge in [-0.25, -0.2) is 0 Å². The summed E-state index contributed by atoms with van der Waals surface area (Å²) in [5, 5.41) is 1.42. The lowest BCUT2D eigenvalue weighted by molar-refractivity contribution is 0.494. The lowest BCUT2D eigenvalue weighted by Crippen LogP contribution is -2.05. The van der Waals surface area contributed by atoms with Crippen molar-refractivity contribution in [2.45, 2.75) is 0 Å². The van der Waals surface area contributed by atoms with Gasteiger partial charge in [-0.2, -0.15) is 16.8 Å². The maximum Gasteiger partial charge on any atom is 0.294 e. The summed E-state index contributed by atoms with van der Waals surface area (Å²) in [5.41, 5.74) is 0.316. The van der Waals surface area contributed by atoms with Gasteiger partial charge in [-0.05, 0) is 21.5 Å². The second-order valence-corrected chi connectivity index (χ2v) is 8.52. The van der Waals surface area contributed by atoms with Crippen molar-refractivity contribution in [3.63, 3.8) is 0 Å². The van der Waals surface area contributed by atoms with E-state index in [0.717, 1.165) is 0 Å². The van der Waals surface area contributed by atoms with E-state index in [1.54, 1.807) is 48.5 Å². The number of hydrogen-bond donors (Lipinski definition) is 2. The topological polar surface area (TPSA) is 109 Å². The van der Waals surface area contributed by atoms with Gasteiger partial charge in [0, 0.05) is 11.1 Å². The number of rotatable bonds is 4. The minimum absolute atomic E-state index is 0.158. The summed E-state index contributed by atoms with van der Waals surface area (Å²) in [7, 11) is -9.17. The van der Waals surface area contributed by atoms with Gasteiger partial charge in [-0.3, -0.25) is 9.11 Å². The molecular weight excluding hydrogens is 376 g/mol. The van der Waals surface area contributed by atoms with E-state index in [1.165, 1.54) is 0 Å². The molecule has 0 aromatic heterocycles. The van der Waals surface area contributed by atoms with Crippen molar-refractivity contribution in [3.05, 3.63) is 72.8 Å². The van der Waals surface area contributed by atoms with Gasteiger partial charge < -0.3 is 0 Å². The minimum Gasteiger partial charge on any atom is -0.282 e. The Balaban J connectivity index is 2.65. The Kier molecular flexibility index (Phi) is 4.24. The van der Waals surface area contributed by atoms with Crippen molar-refractivity contribution >= 4 is 51.6 Å². The molecule has 0 amide bonds. The monoisotopic (exact) mass is 390 g/mol. The van der Waals surface area contributed by atoms with Gasteiger partial charge in [0.05, 0.1) is 9.81 Å². The molecule has 6 nitrogen and oxygen atoms in total. The van der Waals surface area contributed by atoms with Crippen molar-refractivity contribution < 1.29 is 25.9 Å². The van der Waals surface area contributed by atoms with Crippen molar-refractivity contribution in [2.24, 2.45) is 0 Å². The molecule has 8 heteroatoms. The summed E-state index contributed by atoms with van der Waals surface area (Å²) in [6.07, 6.45) is 0. The zero-order valence-corrected chi connectivity index (χ0v) is 15.0. The molecule has 2 N–H and O–H groups in total. The van der Waals surface area contributed by atoms with Crippen LogP contribution in [0.3, 0.4) is 0 Å². The van der Waals surface area contributed by atoms with Crippen LogP contribution in [0, 0.1) is 0 Å². The second-order valence-electron chi connectivity index (χ2n) is 5.64. The van der Waals surface area contributed by atoms with Crippen molar-refractivity contribution in [3.8, 4) is 0 Å². The molecule has 0 heterocycles. The number of benzene rings is 3. The SMILES string of the molecule is C=C(c1c2ccccc2c(C(=C)S(=O)(=O)O)c2ccccc12)S(=O)(=O)O. The molecule has 3 aromatic rings. The number of fused-ring (bicyclic) bond motifs is 2. The first-order chi connectivity index (χ1) is 12.0. The molecule has 0 spiro atoms. The fourth-order valence-electron chi connectivity index (χ4n) is 2.99. The Morgan fingerprint density at radius 2 is 0.846 bits per heavy atom. The van der Waals surface area contributed by atoms with Gasteiger partial charge in [-0.1, -0.05) is 61.7 Å². The van der Waals surface area contributed by atoms with Crippen LogP contribution in [-0.4, -0.2) is 25.9 Å². The molecule has 0 aliphatic heterocycles. The maximum atomic E-state index is 11.7. The van der Waals surface area contributed by atoms with E-state index in [2.05, 4.69) is 13.2 Å². The third-order valence-electron chi connectivity index (χ3n) is 4.11. The van der Waals surface area contributed by atoms with E-state index in [1.807, 2.05) is 0 Å². The van der Waals surface area contributed by atoms with E-state index in [-0.39, 0.29) is 11.1 Å². The summed E-state index contributed by atoms with van der Waals surface area (Å²) in [6.45, 7) is 6.98. The predicted molar refractivity (Wildman–Crippen MR) is 103 cm³/mol. The highest BCUT2D eigenvalue weighted by atomic mass is 32.2. The molecule has 3 aromatic carbocycles. The molecular formula is C18H14O6S2. The molecule has 3 rings (SSSR count). The van der Waals surface area contributed by atoms with Crippen LogP contribution in [0.5, 0.6) is 0 Å². The van der Waals surface area contributed by atoms with Crippen LogP contribution < -0.4 is 0 Å². The van der Waals surface area contributed by atoms with Gasteiger partial charge >= 0.3 is 0 Å². The molecule has 0 aliphatic carbocycles. The highest BCUT2D eigenvalue weighted by Crippen LogP contribution is 2.40. The zero-order chi connectivity index (χ0) is 19.3. The highest BCUT2D eigenvalue weighted by Gasteiger charge is 2.25. The van der Waals surface area contributed by atoms with E-state index in [0.29, 0.717) is 21.5 Å². The van der Waals surface area contributed by atoms with Gasteiger partial charge in [0.25, 0.3) is 20.2 Å². The third-order valence-corrected chi connectivity index (χ3v) is 5.77. The number of hydrogen-bond acceptors (Lipinski definition) is 4. The van der Waals surface area contributed by atoms with Gasteiger partial charge in [-0.15, -0.1) is 0 Å². The minimum atomic E-state index is -4.58. The smallest absolute Gasteiger partial charge is 0.282 e. The van der Waals surface area contributed by atoms with Crippen LogP contribution in [0.15, 0.2) is 61.7 Å². The Bertz CT molecular complexity index is 1140. The highest BCUT2D eigenvalue weighted by molar-refractivity contribution is 7.95. The van der Waals surface area contributed by atoms with Crippen molar-refractivity contribution in [2.75, 3.05) is 0 Å². The average molecular weight is 390 g/mol. The van der Waals surface area contributed by atoms with E-state index in [4.69, 9.17) is 0 Å². The Morgan fingerprint density at radius 1 is 0.615 bits per heavy atom. The molecule has 0 aliphatic rings. The molecule has 0 unspecified atom stereocenters. The van der Waals surface area contributed by atoms with Gasteiger partial charge in [0.15, 0.2) is 0 Å². The Hall–Kier alpha value is -2.52. The summed E-state index contributed by atoms with van der Waals surface area (Å²) in [4.78, 5) is -1.01. The quantitative estimate of drug-likeness (QED) is 0.519. The van der Waals surface area contributed by atoms with Crippen LogP contribution in [0.25, 0.3) is 31.4 Å². The normalized spacial score (nSPS) is 12.4. The molecule has 0 radical (unpaired) electrons. The molecule has 134 valence electrons. The van der Waals surface area contributed by atoms with Gasteiger partial charge in [0.1, 0.15) is 0 Å². The molecule has 26 heavy (non-hydrogen) atoms. The largest absolute Gasteiger partial charge is 0.294 e. The van der Waals surface area contributed by atoms with Crippen molar-refractivity contribution in [1.29, 1.82) is 0 Å². The Morgan fingerprint density at radius 3 is 1.04 bits per heavy atom. The van der Waals surface area contributed by atoms with E-state index < -0.39 is 30.0 Å². The molecule has 0 saturated heterocycles.